The summed E-state index contributed by atoms with van der Waals surface area (Å²) in [5.41, 5.74) is 0. The summed E-state index contributed by atoms with van der Waals surface area (Å²) in [7, 11) is 0. The van der Waals surface area contributed by atoms with Gasteiger partial charge in [0.1, 0.15) is 0 Å². The molecule has 0 heteroatoms. The average Bonchev–Trinajstić information content (AvgIpc) is 1.76. The number of hydrogen-bond acceptors (Lipinski definition) is 0. The second-order valence-corrected chi connectivity index (χ2v) is 6.93. The molecule has 0 saturated carbocycles. The van der Waals surface area contributed by atoms with Gasteiger partial charge in [0.05, 0.1) is 0 Å². The van der Waals surface area contributed by atoms with Gasteiger partial charge in [-0.25, -0.2) is 0 Å². The zero-order chi connectivity index (χ0) is 14.3. The Hall–Kier alpha value is 0. The summed E-state index contributed by atoms with van der Waals surface area (Å²) in [6.07, 6.45) is 0. The van der Waals surface area contributed by atoms with Crippen molar-refractivity contribution in [3.05, 3.63) is 0 Å². The van der Waals surface area contributed by atoms with E-state index < -0.39 is 0 Å². The predicted octanol–water partition coefficient (Wildman–Crippen LogP) is 7.29. The van der Waals surface area contributed by atoms with E-state index in [1.165, 1.54) is 0 Å². The second-order valence-electron chi connectivity index (χ2n) is 6.93. The molecule has 0 atom stereocenters. The molecule has 0 aliphatic heterocycles. The minimum absolute atomic E-state index is 0. The Balaban J connectivity index is -0.0000000369. The summed E-state index contributed by atoms with van der Waals surface area (Å²) >= 11 is 0. The Kier molecular flexibility index (Phi) is 44.4. The van der Waals surface area contributed by atoms with E-state index in [2.05, 4.69) is 83.1 Å². The highest BCUT2D eigenvalue weighted by molar-refractivity contribution is 4.21. The van der Waals surface area contributed by atoms with Crippen LogP contribution >= 0.6 is 0 Å². The van der Waals surface area contributed by atoms with Crippen molar-refractivity contribution in [2.75, 3.05) is 0 Å². The van der Waals surface area contributed by atoms with E-state index in [1.807, 2.05) is 0 Å². The normalized spacial score (nSPS) is 8.47. The Morgan fingerprint density at radius 3 is 0.294 bits per heavy atom. The van der Waals surface area contributed by atoms with Gasteiger partial charge < -0.3 is 0 Å². The third-order valence-corrected chi connectivity index (χ3v) is 0. The highest BCUT2D eigenvalue weighted by Gasteiger charge is 1.69. The molecule has 0 aromatic carbocycles. The van der Waals surface area contributed by atoms with Crippen LogP contribution in [0.4, 0.5) is 0 Å². The predicted molar refractivity (Wildman–Crippen MR) is 88.8 cm³/mol. The second kappa shape index (κ2) is 25.0. The lowest BCUT2D eigenvalue weighted by molar-refractivity contribution is 0.736. The van der Waals surface area contributed by atoms with E-state index in [0.29, 0.717) is 0 Å². The van der Waals surface area contributed by atoms with Crippen LogP contribution in [0.2, 0.25) is 0 Å². The van der Waals surface area contributed by atoms with Crippen LogP contribution in [0, 0.1) is 23.7 Å². The van der Waals surface area contributed by atoms with Crippen LogP contribution in [0.5, 0.6) is 0 Å². The largest absolute Gasteiger partial charge is 0.0776 e. The monoisotopic (exact) mass is 248 g/mol. The van der Waals surface area contributed by atoms with Gasteiger partial charge in [-0.2, -0.15) is 0 Å². The molecule has 17 heavy (non-hydrogen) atoms. The lowest BCUT2D eigenvalue weighted by atomic mass is 10.3. The zero-order valence-electron chi connectivity index (χ0n) is 14.3. The van der Waals surface area contributed by atoms with Gasteiger partial charge in [-0.15, -0.1) is 0 Å². The Bertz CT molecular complexity index is 43.0. The maximum absolute atomic E-state index is 2.17. The first-order valence-corrected chi connectivity index (χ1v) is 6.93. The summed E-state index contributed by atoms with van der Waals surface area (Å²) in [6, 6.07) is 0. The Morgan fingerprint density at radius 2 is 0.294 bits per heavy atom. The third-order valence-electron chi connectivity index (χ3n) is 0. The van der Waals surface area contributed by atoms with E-state index in [-0.39, 0.29) is 7.43 Å². The fourth-order valence-electron chi connectivity index (χ4n) is 0. The van der Waals surface area contributed by atoms with Crippen molar-refractivity contribution in [2.24, 2.45) is 23.7 Å². The molecule has 0 fully saturated rings. The molecule has 0 bridgehead atoms. The van der Waals surface area contributed by atoms with Crippen LogP contribution in [0.3, 0.4) is 0 Å². The van der Waals surface area contributed by atoms with Crippen molar-refractivity contribution in [3.8, 4) is 0 Å². The molecule has 0 amide bonds. The van der Waals surface area contributed by atoms with Crippen molar-refractivity contribution >= 4 is 0 Å². The van der Waals surface area contributed by atoms with Gasteiger partial charge in [0.15, 0.2) is 0 Å². The van der Waals surface area contributed by atoms with Crippen LogP contribution in [0.1, 0.15) is 90.5 Å². The molecule has 0 unspecified atom stereocenters. The Labute approximate surface area is 115 Å². The van der Waals surface area contributed by atoms with E-state index >= 15 is 0 Å². The van der Waals surface area contributed by atoms with E-state index in [1.54, 1.807) is 0 Å². The minimum Gasteiger partial charge on any atom is -0.0776 e. The minimum atomic E-state index is 0. The molecule has 0 radical (unpaired) electrons. The first-order chi connectivity index (χ1) is 6.93. The quantitative estimate of drug-likeness (QED) is 0.422. The van der Waals surface area contributed by atoms with Crippen molar-refractivity contribution in [1.82, 2.24) is 0 Å². The van der Waals surface area contributed by atoms with E-state index in [0.717, 1.165) is 23.7 Å². The molecule has 0 spiro atoms. The lowest BCUT2D eigenvalue weighted by Gasteiger charge is -1.79. The highest BCUT2D eigenvalue weighted by atomic mass is 13.8. The zero-order valence-corrected chi connectivity index (χ0v) is 14.3. The molecule has 0 aromatic heterocycles. The SMILES string of the molecule is C.CC(C)C.CC(C)C.CC(C)C.CC(C)C. The molecule has 0 N–H and O–H groups in total. The van der Waals surface area contributed by atoms with Crippen molar-refractivity contribution in [3.63, 3.8) is 0 Å². The van der Waals surface area contributed by atoms with Gasteiger partial charge in [0.2, 0.25) is 0 Å². The van der Waals surface area contributed by atoms with Gasteiger partial charge in [-0.1, -0.05) is 90.5 Å². The van der Waals surface area contributed by atoms with Crippen LogP contribution in [0.15, 0.2) is 0 Å². The topological polar surface area (TPSA) is 0 Å². The first kappa shape index (κ1) is 30.2. The van der Waals surface area contributed by atoms with Crippen molar-refractivity contribution < 1.29 is 0 Å². The molecule has 0 saturated heterocycles. The summed E-state index contributed by atoms with van der Waals surface area (Å²) < 4.78 is 0. The van der Waals surface area contributed by atoms with Gasteiger partial charge in [0, 0.05) is 0 Å². The van der Waals surface area contributed by atoms with Gasteiger partial charge in [0.25, 0.3) is 0 Å². The summed E-state index contributed by atoms with van der Waals surface area (Å²) in [6.45, 7) is 26.0. The molecular formula is C17H44. The van der Waals surface area contributed by atoms with Crippen molar-refractivity contribution in [1.29, 1.82) is 0 Å². The van der Waals surface area contributed by atoms with Gasteiger partial charge in [-0.3, -0.25) is 0 Å². The summed E-state index contributed by atoms with van der Waals surface area (Å²) in [5, 5.41) is 0. The van der Waals surface area contributed by atoms with Crippen LogP contribution < -0.4 is 0 Å². The highest BCUT2D eigenvalue weighted by Crippen LogP contribution is 1.82. The van der Waals surface area contributed by atoms with E-state index in [9.17, 15) is 0 Å². The molecule has 112 valence electrons. The molecule has 0 aliphatic carbocycles. The average molecular weight is 249 g/mol. The van der Waals surface area contributed by atoms with Gasteiger partial charge >= 0.3 is 0 Å². The van der Waals surface area contributed by atoms with E-state index in [4.69, 9.17) is 0 Å². The number of rotatable bonds is 0. The molecule has 0 aromatic rings. The molecule has 0 rings (SSSR count). The third kappa shape index (κ3) is 0. The van der Waals surface area contributed by atoms with Crippen LogP contribution in [-0.4, -0.2) is 0 Å². The van der Waals surface area contributed by atoms with Gasteiger partial charge in [-0.05, 0) is 23.7 Å². The maximum Gasteiger partial charge on any atom is -0.0500 e. The van der Waals surface area contributed by atoms with Crippen LogP contribution in [-0.2, 0) is 0 Å². The smallest absolute Gasteiger partial charge is 0.0500 e. The van der Waals surface area contributed by atoms with Crippen LogP contribution in [0.25, 0.3) is 0 Å². The number of hydrogen-bond donors (Lipinski definition) is 0. The fraction of sp³-hybridized carbons (Fsp3) is 1.00. The molecule has 0 aliphatic rings. The Morgan fingerprint density at radius 1 is 0.294 bits per heavy atom. The molecular weight excluding hydrogens is 204 g/mol. The summed E-state index contributed by atoms with van der Waals surface area (Å²) in [5.74, 6) is 3.33. The maximum atomic E-state index is 2.17. The standard InChI is InChI=1S/4C4H10.CH4/c4*1-4(2)3;/h4*4H,1-3H3;1H4. The molecule has 0 nitrogen and oxygen atoms in total. The van der Waals surface area contributed by atoms with Crippen molar-refractivity contribution in [2.45, 2.75) is 90.5 Å². The lowest BCUT2D eigenvalue weighted by Crippen LogP contribution is -1.66. The fourth-order valence-corrected chi connectivity index (χ4v) is 0. The molecule has 0 heterocycles. The first-order valence-electron chi connectivity index (χ1n) is 6.93. The summed E-state index contributed by atoms with van der Waals surface area (Å²) in [4.78, 5) is 0.